The van der Waals surface area contributed by atoms with Crippen LogP contribution in [-0.4, -0.2) is 24.4 Å². The quantitative estimate of drug-likeness (QED) is 0.872. The van der Waals surface area contributed by atoms with Crippen molar-refractivity contribution in [1.82, 2.24) is 0 Å². The predicted octanol–water partition coefficient (Wildman–Crippen LogP) is 2.30. The Hall–Kier alpha value is -1.06. The van der Waals surface area contributed by atoms with Crippen molar-refractivity contribution in [2.75, 3.05) is 7.11 Å². The van der Waals surface area contributed by atoms with Gasteiger partial charge in [0.15, 0.2) is 0 Å². The molecular weight excluding hydrogens is 216 g/mol. The lowest BCUT2D eigenvalue weighted by Gasteiger charge is -2.24. The van der Waals surface area contributed by atoms with E-state index in [9.17, 15) is 5.11 Å². The standard InChI is InChI=1S/C14H18O3/c1-16-10-4-2-3-9(7-10)14(15)12-8-11-5-6-13(12)17-11/h2-4,7,11-15H,5-6,8H2,1H3. The molecule has 4 unspecified atom stereocenters. The van der Waals surface area contributed by atoms with Crippen molar-refractivity contribution in [1.29, 1.82) is 0 Å². The molecule has 1 N–H and O–H groups in total. The van der Waals surface area contributed by atoms with Crippen LogP contribution >= 0.6 is 0 Å². The summed E-state index contributed by atoms with van der Waals surface area (Å²) in [5.41, 5.74) is 0.936. The van der Waals surface area contributed by atoms with E-state index in [0.29, 0.717) is 6.10 Å². The number of methoxy groups -OCH3 is 1. The summed E-state index contributed by atoms with van der Waals surface area (Å²) in [6.07, 6.45) is 3.44. The monoisotopic (exact) mass is 234 g/mol. The summed E-state index contributed by atoms with van der Waals surface area (Å²) in [6.45, 7) is 0. The zero-order valence-corrected chi connectivity index (χ0v) is 10.0. The number of aliphatic hydroxyl groups is 1. The Morgan fingerprint density at radius 1 is 1.41 bits per heavy atom. The number of fused-ring (bicyclic) bond motifs is 2. The molecular formula is C14H18O3. The second-order valence-electron chi connectivity index (χ2n) is 4.99. The van der Waals surface area contributed by atoms with Gasteiger partial charge in [0, 0.05) is 5.92 Å². The average Bonchev–Trinajstić information content (AvgIpc) is 3.00. The Morgan fingerprint density at radius 3 is 2.94 bits per heavy atom. The summed E-state index contributed by atoms with van der Waals surface area (Å²) in [6, 6.07) is 7.69. The fourth-order valence-corrected chi connectivity index (χ4v) is 3.08. The molecule has 3 rings (SSSR count). The highest BCUT2D eigenvalue weighted by Gasteiger charge is 2.44. The van der Waals surface area contributed by atoms with Crippen LogP contribution in [0, 0.1) is 5.92 Å². The molecule has 0 aliphatic carbocycles. The van der Waals surface area contributed by atoms with Crippen LogP contribution in [0.3, 0.4) is 0 Å². The molecule has 4 atom stereocenters. The molecule has 17 heavy (non-hydrogen) atoms. The molecule has 3 nitrogen and oxygen atoms in total. The van der Waals surface area contributed by atoms with Crippen molar-refractivity contribution >= 4 is 0 Å². The van der Waals surface area contributed by atoms with Crippen molar-refractivity contribution < 1.29 is 14.6 Å². The van der Waals surface area contributed by atoms with E-state index < -0.39 is 6.10 Å². The molecule has 0 radical (unpaired) electrons. The minimum absolute atomic E-state index is 0.251. The van der Waals surface area contributed by atoms with Crippen molar-refractivity contribution in [3.63, 3.8) is 0 Å². The maximum Gasteiger partial charge on any atom is 0.119 e. The van der Waals surface area contributed by atoms with Gasteiger partial charge in [-0.15, -0.1) is 0 Å². The molecule has 2 aliphatic rings. The van der Waals surface area contributed by atoms with E-state index in [1.54, 1.807) is 7.11 Å². The first-order chi connectivity index (χ1) is 8.28. The highest BCUT2D eigenvalue weighted by atomic mass is 16.5. The Kier molecular flexibility index (Phi) is 2.81. The zero-order valence-electron chi connectivity index (χ0n) is 10.0. The molecule has 0 aromatic heterocycles. The number of rotatable bonds is 3. The molecule has 92 valence electrons. The van der Waals surface area contributed by atoms with E-state index in [0.717, 1.165) is 30.6 Å². The summed E-state index contributed by atoms with van der Waals surface area (Å²) >= 11 is 0. The fourth-order valence-electron chi connectivity index (χ4n) is 3.08. The predicted molar refractivity (Wildman–Crippen MR) is 64.0 cm³/mol. The Labute approximate surface area is 101 Å². The largest absolute Gasteiger partial charge is 0.497 e. The van der Waals surface area contributed by atoms with Crippen LogP contribution in [-0.2, 0) is 4.74 Å². The molecule has 2 saturated heterocycles. The molecule has 2 aliphatic heterocycles. The van der Waals surface area contributed by atoms with E-state index in [2.05, 4.69) is 0 Å². The van der Waals surface area contributed by atoms with Gasteiger partial charge in [-0.2, -0.15) is 0 Å². The molecule has 0 saturated carbocycles. The third-order valence-corrected chi connectivity index (χ3v) is 3.99. The van der Waals surface area contributed by atoms with Gasteiger partial charge in [0.25, 0.3) is 0 Å². The first-order valence-corrected chi connectivity index (χ1v) is 6.25. The first-order valence-electron chi connectivity index (χ1n) is 6.25. The van der Waals surface area contributed by atoms with Crippen LogP contribution in [0.15, 0.2) is 24.3 Å². The van der Waals surface area contributed by atoms with Crippen molar-refractivity contribution in [3.8, 4) is 5.75 Å². The summed E-state index contributed by atoms with van der Waals surface area (Å²) in [5, 5.41) is 10.4. The topological polar surface area (TPSA) is 38.7 Å². The van der Waals surface area contributed by atoms with E-state index in [-0.39, 0.29) is 12.0 Å². The van der Waals surface area contributed by atoms with E-state index >= 15 is 0 Å². The van der Waals surface area contributed by atoms with E-state index in [4.69, 9.17) is 9.47 Å². The second kappa shape index (κ2) is 4.31. The van der Waals surface area contributed by atoms with Gasteiger partial charge in [0.1, 0.15) is 5.75 Å². The van der Waals surface area contributed by atoms with Gasteiger partial charge in [-0.25, -0.2) is 0 Å². The van der Waals surface area contributed by atoms with Crippen molar-refractivity contribution in [3.05, 3.63) is 29.8 Å². The molecule has 3 heteroatoms. The number of benzene rings is 1. The van der Waals surface area contributed by atoms with Gasteiger partial charge in [-0.3, -0.25) is 0 Å². The highest BCUT2D eigenvalue weighted by molar-refractivity contribution is 5.30. The Morgan fingerprint density at radius 2 is 2.29 bits per heavy atom. The van der Waals surface area contributed by atoms with Crippen LogP contribution < -0.4 is 4.74 Å². The van der Waals surface area contributed by atoms with Gasteiger partial charge in [-0.05, 0) is 37.0 Å². The molecule has 2 heterocycles. The Bertz CT molecular complexity index is 404. The molecule has 1 aromatic rings. The van der Waals surface area contributed by atoms with Gasteiger partial charge >= 0.3 is 0 Å². The lowest BCUT2D eigenvalue weighted by Crippen LogP contribution is -2.23. The van der Waals surface area contributed by atoms with E-state index in [1.165, 1.54) is 0 Å². The molecule has 1 aromatic carbocycles. The molecule has 2 fully saturated rings. The minimum atomic E-state index is -0.430. The minimum Gasteiger partial charge on any atom is -0.497 e. The van der Waals surface area contributed by atoms with Crippen LogP contribution in [0.25, 0.3) is 0 Å². The average molecular weight is 234 g/mol. The third kappa shape index (κ3) is 1.94. The van der Waals surface area contributed by atoms with Crippen LogP contribution in [0.2, 0.25) is 0 Å². The normalized spacial score (nSPS) is 32.7. The smallest absolute Gasteiger partial charge is 0.119 e. The maximum atomic E-state index is 10.4. The summed E-state index contributed by atoms with van der Waals surface area (Å²) in [5.74, 6) is 1.05. The number of hydrogen-bond acceptors (Lipinski definition) is 3. The van der Waals surface area contributed by atoms with Crippen LogP contribution in [0.1, 0.15) is 30.9 Å². The first kappa shape index (κ1) is 11.1. The molecule has 0 amide bonds. The van der Waals surface area contributed by atoms with Crippen molar-refractivity contribution in [2.45, 2.75) is 37.6 Å². The van der Waals surface area contributed by atoms with Crippen LogP contribution in [0.5, 0.6) is 5.75 Å². The van der Waals surface area contributed by atoms with Gasteiger partial charge in [0.05, 0.1) is 25.4 Å². The van der Waals surface area contributed by atoms with Gasteiger partial charge < -0.3 is 14.6 Å². The SMILES string of the molecule is COc1cccc(C(O)C2CC3CCC2O3)c1. The zero-order chi connectivity index (χ0) is 11.8. The molecule has 2 bridgehead atoms. The summed E-state index contributed by atoms with van der Waals surface area (Å²) < 4.78 is 11.0. The summed E-state index contributed by atoms with van der Waals surface area (Å²) in [7, 11) is 1.64. The maximum absolute atomic E-state index is 10.4. The van der Waals surface area contributed by atoms with Gasteiger partial charge in [-0.1, -0.05) is 12.1 Å². The highest BCUT2D eigenvalue weighted by Crippen LogP contribution is 2.44. The number of ether oxygens (including phenoxy) is 2. The second-order valence-corrected chi connectivity index (χ2v) is 4.99. The molecule has 0 spiro atoms. The lowest BCUT2D eigenvalue weighted by molar-refractivity contribution is 0.0422. The number of aliphatic hydroxyl groups excluding tert-OH is 1. The summed E-state index contributed by atoms with van der Waals surface area (Å²) in [4.78, 5) is 0. The Balaban J connectivity index is 1.79. The van der Waals surface area contributed by atoms with Crippen molar-refractivity contribution in [2.24, 2.45) is 5.92 Å². The number of hydrogen-bond donors (Lipinski definition) is 1. The third-order valence-electron chi connectivity index (χ3n) is 3.99. The van der Waals surface area contributed by atoms with E-state index in [1.807, 2.05) is 24.3 Å². The van der Waals surface area contributed by atoms with Gasteiger partial charge in [0.2, 0.25) is 0 Å². The lowest BCUT2D eigenvalue weighted by atomic mass is 9.82. The van der Waals surface area contributed by atoms with Crippen LogP contribution in [0.4, 0.5) is 0 Å². The fraction of sp³-hybridized carbons (Fsp3) is 0.571.